The van der Waals surface area contributed by atoms with Crippen LogP contribution in [0.5, 0.6) is 0 Å². The Labute approximate surface area is 88.1 Å². The minimum atomic E-state index is -1.61. The molecular weight excluding hydrogens is 204 g/mol. The van der Waals surface area contributed by atoms with Crippen LogP contribution in [0.3, 0.4) is 0 Å². The smallest absolute Gasteiger partial charge is 0.221 e. The predicted molar refractivity (Wildman–Crippen MR) is 50.0 cm³/mol. The van der Waals surface area contributed by atoms with E-state index < -0.39 is 37.3 Å². The van der Waals surface area contributed by atoms with Crippen LogP contribution >= 0.6 is 0 Å². The number of hydrogen-bond acceptors (Lipinski definition) is 6. The molecule has 1 saturated heterocycles. The molecule has 0 spiro atoms. The van der Waals surface area contributed by atoms with Gasteiger partial charge in [0, 0.05) is 6.61 Å². The molecule has 6 nitrogen and oxygen atoms in total. The Hall–Kier alpha value is -0.240. The summed E-state index contributed by atoms with van der Waals surface area (Å²) in [6.07, 6.45) is -2.84. The molecule has 1 aliphatic rings. The van der Waals surface area contributed by atoms with Crippen LogP contribution in [0.1, 0.15) is 13.3 Å². The molecule has 0 aliphatic carbocycles. The normalized spacial score (nSPS) is 41.0. The zero-order valence-electron chi connectivity index (χ0n) is 8.67. The van der Waals surface area contributed by atoms with Crippen LogP contribution in [0.15, 0.2) is 0 Å². The van der Waals surface area contributed by atoms with Crippen LogP contribution in [-0.4, -0.2) is 64.3 Å². The van der Waals surface area contributed by atoms with Gasteiger partial charge < -0.3 is 29.9 Å². The number of ether oxygens (including phenoxy) is 2. The minimum Gasteiger partial charge on any atom is -0.394 e. The van der Waals surface area contributed by atoms with Crippen molar-refractivity contribution in [2.75, 3.05) is 19.8 Å². The topological polar surface area (TPSA) is 99.4 Å². The second kappa shape index (κ2) is 5.20. The van der Waals surface area contributed by atoms with E-state index >= 15 is 0 Å². The fourth-order valence-corrected chi connectivity index (χ4v) is 1.58. The lowest BCUT2D eigenvalue weighted by Gasteiger charge is -2.29. The van der Waals surface area contributed by atoms with E-state index in [0.717, 1.165) is 0 Å². The fourth-order valence-electron chi connectivity index (χ4n) is 1.58. The van der Waals surface area contributed by atoms with Gasteiger partial charge >= 0.3 is 0 Å². The Bertz CT molecular complexity index is 199. The highest BCUT2D eigenvalue weighted by molar-refractivity contribution is 4.96. The third-order valence-corrected chi connectivity index (χ3v) is 2.46. The lowest BCUT2D eigenvalue weighted by molar-refractivity contribution is -0.275. The van der Waals surface area contributed by atoms with Gasteiger partial charge in [-0.3, -0.25) is 0 Å². The summed E-state index contributed by atoms with van der Waals surface area (Å²) in [6.45, 7) is 1.16. The second-order valence-electron chi connectivity index (χ2n) is 3.59. The molecular formula is C9H18O6. The summed E-state index contributed by atoms with van der Waals surface area (Å²) >= 11 is 0. The molecule has 0 saturated carbocycles. The lowest BCUT2D eigenvalue weighted by atomic mass is 10.1. The molecule has 0 bridgehead atoms. The van der Waals surface area contributed by atoms with Gasteiger partial charge in [0.15, 0.2) is 0 Å². The molecule has 1 fully saturated rings. The zero-order valence-corrected chi connectivity index (χ0v) is 8.67. The zero-order chi connectivity index (χ0) is 11.5. The van der Waals surface area contributed by atoms with Crippen molar-refractivity contribution >= 4 is 0 Å². The molecule has 4 N–H and O–H groups in total. The molecule has 6 heteroatoms. The predicted octanol–water partition coefficient (Wildman–Crippen LogP) is -1.79. The Morgan fingerprint density at radius 3 is 2.40 bits per heavy atom. The van der Waals surface area contributed by atoms with Crippen LogP contribution in [0.2, 0.25) is 0 Å². The summed E-state index contributed by atoms with van der Waals surface area (Å²) in [5, 5.41) is 37.2. The molecule has 90 valence electrons. The Morgan fingerprint density at radius 2 is 2.00 bits per heavy atom. The fraction of sp³-hybridized carbons (Fsp3) is 1.00. The average molecular weight is 222 g/mol. The van der Waals surface area contributed by atoms with E-state index in [1.165, 1.54) is 0 Å². The molecule has 0 radical (unpaired) electrons. The molecule has 0 amide bonds. The molecule has 15 heavy (non-hydrogen) atoms. The molecule has 0 aromatic heterocycles. The van der Waals surface area contributed by atoms with Gasteiger partial charge in [0.05, 0.1) is 6.61 Å². The highest BCUT2D eigenvalue weighted by atomic mass is 16.7. The van der Waals surface area contributed by atoms with Crippen molar-refractivity contribution in [1.82, 2.24) is 0 Å². The Balaban J connectivity index is 2.72. The molecule has 0 aromatic rings. The minimum absolute atomic E-state index is 0.294. The first-order valence-electron chi connectivity index (χ1n) is 5.01. The number of aliphatic hydroxyl groups is 4. The van der Waals surface area contributed by atoms with Crippen LogP contribution < -0.4 is 0 Å². The van der Waals surface area contributed by atoms with E-state index in [1.807, 2.05) is 6.92 Å². The first kappa shape index (κ1) is 12.8. The van der Waals surface area contributed by atoms with E-state index in [9.17, 15) is 10.2 Å². The summed E-state index contributed by atoms with van der Waals surface area (Å²) in [5.41, 5.74) is 0. The highest BCUT2D eigenvalue weighted by Crippen LogP contribution is 2.32. The summed E-state index contributed by atoms with van der Waals surface area (Å²) in [4.78, 5) is 0. The van der Waals surface area contributed by atoms with Crippen molar-refractivity contribution in [3.8, 4) is 0 Å². The van der Waals surface area contributed by atoms with Crippen LogP contribution in [0.25, 0.3) is 0 Å². The Kier molecular flexibility index (Phi) is 4.45. The maximum atomic E-state index is 9.67. The van der Waals surface area contributed by atoms with Gasteiger partial charge in [0.2, 0.25) is 5.79 Å². The lowest BCUT2D eigenvalue weighted by Crippen LogP contribution is -2.48. The molecule has 1 aliphatic heterocycles. The number of rotatable bonds is 5. The van der Waals surface area contributed by atoms with E-state index in [4.69, 9.17) is 19.7 Å². The summed E-state index contributed by atoms with van der Waals surface area (Å²) < 4.78 is 10.4. The van der Waals surface area contributed by atoms with Gasteiger partial charge in [-0.05, 0) is 6.42 Å². The molecule has 1 unspecified atom stereocenters. The van der Waals surface area contributed by atoms with Crippen LogP contribution in [-0.2, 0) is 9.47 Å². The molecule has 1 heterocycles. The van der Waals surface area contributed by atoms with Crippen LogP contribution in [0.4, 0.5) is 0 Å². The number of aliphatic hydroxyl groups excluding tert-OH is 4. The quantitative estimate of drug-likeness (QED) is 0.438. The van der Waals surface area contributed by atoms with E-state index in [0.29, 0.717) is 13.0 Å². The third kappa shape index (κ3) is 2.30. The van der Waals surface area contributed by atoms with Gasteiger partial charge in [0.25, 0.3) is 0 Å². The highest BCUT2D eigenvalue weighted by Gasteiger charge is 2.54. The molecule has 1 rings (SSSR count). The van der Waals surface area contributed by atoms with E-state index in [2.05, 4.69) is 0 Å². The molecule has 0 aromatic carbocycles. The van der Waals surface area contributed by atoms with Gasteiger partial charge in [-0.1, -0.05) is 6.92 Å². The van der Waals surface area contributed by atoms with Gasteiger partial charge in [0.1, 0.15) is 24.9 Å². The van der Waals surface area contributed by atoms with Crippen molar-refractivity contribution in [3.63, 3.8) is 0 Å². The SMILES string of the molecule is CCCOC1(CO)O[C@H](CO)[C@@H](O)[C@@H]1O. The molecule has 4 atom stereocenters. The van der Waals surface area contributed by atoms with E-state index in [-0.39, 0.29) is 0 Å². The third-order valence-electron chi connectivity index (χ3n) is 2.46. The second-order valence-corrected chi connectivity index (χ2v) is 3.59. The van der Waals surface area contributed by atoms with Crippen molar-refractivity contribution in [1.29, 1.82) is 0 Å². The maximum absolute atomic E-state index is 9.67. The van der Waals surface area contributed by atoms with Crippen molar-refractivity contribution in [2.45, 2.75) is 37.4 Å². The summed E-state index contributed by atoms with van der Waals surface area (Å²) in [7, 11) is 0. The van der Waals surface area contributed by atoms with Gasteiger partial charge in [-0.15, -0.1) is 0 Å². The van der Waals surface area contributed by atoms with Crippen molar-refractivity contribution < 1.29 is 29.9 Å². The summed E-state index contributed by atoms with van der Waals surface area (Å²) in [5.74, 6) is -1.61. The van der Waals surface area contributed by atoms with Gasteiger partial charge in [-0.25, -0.2) is 0 Å². The van der Waals surface area contributed by atoms with E-state index in [1.54, 1.807) is 0 Å². The van der Waals surface area contributed by atoms with Gasteiger partial charge in [-0.2, -0.15) is 0 Å². The maximum Gasteiger partial charge on any atom is 0.221 e. The summed E-state index contributed by atoms with van der Waals surface area (Å²) in [6, 6.07) is 0. The van der Waals surface area contributed by atoms with Crippen LogP contribution in [0, 0.1) is 0 Å². The standard InChI is InChI=1S/C9H18O6/c1-2-3-14-9(5-11)8(13)7(12)6(4-10)15-9/h6-8,10-13H,2-5H2,1H3/t6-,7-,8+,9?/m1/s1. The van der Waals surface area contributed by atoms with Crippen molar-refractivity contribution in [2.24, 2.45) is 0 Å². The number of hydrogen-bond donors (Lipinski definition) is 4. The first-order chi connectivity index (χ1) is 7.11. The average Bonchev–Trinajstić information content (AvgIpc) is 2.51. The Morgan fingerprint density at radius 1 is 1.33 bits per heavy atom. The first-order valence-corrected chi connectivity index (χ1v) is 5.01. The monoisotopic (exact) mass is 222 g/mol. The largest absolute Gasteiger partial charge is 0.394 e. The van der Waals surface area contributed by atoms with Crippen molar-refractivity contribution in [3.05, 3.63) is 0 Å².